The predicted octanol–water partition coefficient (Wildman–Crippen LogP) is 0.316. The molecule has 7 nitrogen and oxygen atoms in total. The standard InChI is InChI=1S/C12H22N2O5S/c1-9(2)3-5-13-12(17)14(7-11(15)16)10-4-6-20(18,19)8-10/h9-10H,3-8H2,1-2H3,(H,13,17)(H,15,16). The first-order valence-corrected chi connectivity index (χ1v) is 8.50. The summed E-state index contributed by atoms with van der Waals surface area (Å²) in [5, 5.41) is 11.5. The Hall–Kier alpha value is -1.31. The van der Waals surface area contributed by atoms with Crippen LogP contribution in [0.5, 0.6) is 0 Å². The van der Waals surface area contributed by atoms with Crippen LogP contribution in [-0.4, -0.2) is 61.1 Å². The number of hydrogen-bond donors (Lipinski definition) is 2. The van der Waals surface area contributed by atoms with Crippen molar-refractivity contribution in [2.75, 3.05) is 24.6 Å². The van der Waals surface area contributed by atoms with Crippen LogP contribution in [0.4, 0.5) is 4.79 Å². The zero-order chi connectivity index (χ0) is 15.3. The number of carboxylic acid groups (broad SMARTS) is 1. The van der Waals surface area contributed by atoms with Gasteiger partial charge in [-0.2, -0.15) is 0 Å². The summed E-state index contributed by atoms with van der Waals surface area (Å²) in [5.41, 5.74) is 0. The molecule has 116 valence electrons. The zero-order valence-electron chi connectivity index (χ0n) is 11.8. The van der Waals surface area contributed by atoms with Gasteiger partial charge >= 0.3 is 12.0 Å². The third-order valence-electron chi connectivity index (χ3n) is 3.21. The smallest absolute Gasteiger partial charge is 0.323 e. The van der Waals surface area contributed by atoms with Gasteiger partial charge in [0.1, 0.15) is 6.54 Å². The van der Waals surface area contributed by atoms with Gasteiger partial charge in [-0.05, 0) is 18.8 Å². The van der Waals surface area contributed by atoms with E-state index in [4.69, 9.17) is 5.11 Å². The van der Waals surface area contributed by atoms with Crippen LogP contribution in [0.25, 0.3) is 0 Å². The van der Waals surface area contributed by atoms with E-state index in [0.29, 0.717) is 18.9 Å². The summed E-state index contributed by atoms with van der Waals surface area (Å²) in [5.74, 6) is -0.867. The van der Waals surface area contributed by atoms with Crippen LogP contribution in [0.15, 0.2) is 0 Å². The van der Waals surface area contributed by atoms with Gasteiger partial charge in [-0.3, -0.25) is 4.79 Å². The van der Waals surface area contributed by atoms with Gasteiger partial charge in [0, 0.05) is 12.6 Å². The Balaban J connectivity index is 2.64. The predicted molar refractivity (Wildman–Crippen MR) is 74.3 cm³/mol. The zero-order valence-corrected chi connectivity index (χ0v) is 12.6. The fraction of sp³-hybridized carbons (Fsp3) is 0.833. The first-order chi connectivity index (χ1) is 9.21. The Morgan fingerprint density at radius 1 is 1.40 bits per heavy atom. The van der Waals surface area contributed by atoms with Crippen LogP contribution >= 0.6 is 0 Å². The lowest BCUT2D eigenvalue weighted by atomic mass is 10.1. The van der Waals surface area contributed by atoms with Crippen molar-refractivity contribution in [3.05, 3.63) is 0 Å². The van der Waals surface area contributed by atoms with Gasteiger partial charge in [0.05, 0.1) is 11.5 Å². The average molecular weight is 306 g/mol. The van der Waals surface area contributed by atoms with Crippen molar-refractivity contribution in [1.82, 2.24) is 10.2 Å². The Morgan fingerprint density at radius 3 is 2.50 bits per heavy atom. The summed E-state index contributed by atoms with van der Waals surface area (Å²) >= 11 is 0. The van der Waals surface area contributed by atoms with Crippen LogP contribution in [0, 0.1) is 5.92 Å². The molecule has 1 aliphatic rings. The van der Waals surface area contributed by atoms with Gasteiger partial charge in [-0.15, -0.1) is 0 Å². The number of hydrogen-bond acceptors (Lipinski definition) is 4. The quantitative estimate of drug-likeness (QED) is 0.735. The molecule has 0 saturated carbocycles. The normalized spacial score (nSPS) is 20.9. The van der Waals surface area contributed by atoms with Crippen molar-refractivity contribution < 1.29 is 23.1 Å². The number of sulfone groups is 1. The van der Waals surface area contributed by atoms with Gasteiger partial charge < -0.3 is 15.3 Å². The molecule has 0 aromatic rings. The third-order valence-corrected chi connectivity index (χ3v) is 4.96. The SMILES string of the molecule is CC(C)CCNC(=O)N(CC(=O)O)C1CCS(=O)(=O)C1. The number of carbonyl (C=O) groups excluding carboxylic acids is 1. The van der Waals surface area contributed by atoms with Gasteiger partial charge in [0.15, 0.2) is 9.84 Å². The lowest BCUT2D eigenvalue weighted by Gasteiger charge is -2.26. The topological polar surface area (TPSA) is 104 Å². The second-order valence-corrected chi connectivity index (χ2v) is 7.72. The van der Waals surface area contributed by atoms with E-state index >= 15 is 0 Å². The van der Waals surface area contributed by atoms with Crippen LogP contribution in [-0.2, 0) is 14.6 Å². The highest BCUT2D eigenvalue weighted by Crippen LogP contribution is 2.17. The maximum Gasteiger partial charge on any atom is 0.323 e. The van der Waals surface area contributed by atoms with E-state index in [-0.39, 0.29) is 11.5 Å². The van der Waals surface area contributed by atoms with Crippen molar-refractivity contribution in [1.29, 1.82) is 0 Å². The van der Waals surface area contributed by atoms with Crippen LogP contribution in [0.3, 0.4) is 0 Å². The van der Waals surface area contributed by atoms with E-state index in [9.17, 15) is 18.0 Å². The van der Waals surface area contributed by atoms with E-state index in [0.717, 1.165) is 11.3 Å². The minimum Gasteiger partial charge on any atom is -0.480 e. The highest BCUT2D eigenvalue weighted by molar-refractivity contribution is 7.91. The van der Waals surface area contributed by atoms with Crippen LogP contribution in [0.2, 0.25) is 0 Å². The molecule has 1 atom stereocenters. The van der Waals surface area contributed by atoms with E-state index in [1.165, 1.54) is 0 Å². The lowest BCUT2D eigenvalue weighted by molar-refractivity contribution is -0.138. The molecule has 0 bridgehead atoms. The number of carbonyl (C=O) groups is 2. The summed E-state index contributed by atoms with van der Waals surface area (Å²) < 4.78 is 22.9. The number of nitrogens with one attached hydrogen (secondary N) is 1. The molecule has 1 heterocycles. The fourth-order valence-corrected chi connectivity index (χ4v) is 3.83. The molecule has 1 saturated heterocycles. The molecule has 0 aromatic heterocycles. The Bertz CT molecular complexity index is 460. The van der Waals surface area contributed by atoms with Crippen molar-refractivity contribution in [2.24, 2.45) is 5.92 Å². The van der Waals surface area contributed by atoms with Crippen LogP contribution < -0.4 is 5.32 Å². The first-order valence-electron chi connectivity index (χ1n) is 6.68. The molecule has 0 aromatic carbocycles. The molecule has 0 aliphatic carbocycles. The number of nitrogens with zero attached hydrogens (tertiary/aromatic N) is 1. The highest BCUT2D eigenvalue weighted by atomic mass is 32.2. The second-order valence-electron chi connectivity index (χ2n) is 5.49. The summed E-state index contributed by atoms with van der Waals surface area (Å²) in [4.78, 5) is 24.0. The van der Waals surface area contributed by atoms with Crippen molar-refractivity contribution in [3.8, 4) is 0 Å². The highest BCUT2D eigenvalue weighted by Gasteiger charge is 2.35. The summed E-state index contributed by atoms with van der Waals surface area (Å²) in [6.45, 7) is 4.01. The van der Waals surface area contributed by atoms with E-state index in [2.05, 4.69) is 5.32 Å². The van der Waals surface area contributed by atoms with E-state index in [1.54, 1.807) is 0 Å². The molecule has 8 heteroatoms. The molecule has 1 unspecified atom stereocenters. The van der Waals surface area contributed by atoms with Gasteiger partial charge in [-0.25, -0.2) is 13.2 Å². The Morgan fingerprint density at radius 2 is 2.05 bits per heavy atom. The summed E-state index contributed by atoms with van der Waals surface area (Å²) in [6, 6.07) is -1.05. The van der Waals surface area contributed by atoms with Gasteiger partial charge in [0.2, 0.25) is 0 Å². The molecule has 1 aliphatic heterocycles. The minimum atomic E-state index is -3.16. The van der Waals surface area contributed by atoms with Gasteiger partial charge in [-0.1, -0.05) is 13.8 Å². The summed E-state index contributed by atoms with van der Waals surface area (Å²) in [7, 11) is -3.16. The Kier molecular flexibility index (Phi) is 5.79. The Labute approximate surface area is 119 Å². The first kappa shape index (κ1) is 16.7. The van der Waals surface area contributed by atoms with Crippen molar-refractivity contribution in [2.45, 2.75) is 32.7 Å². The van der Waals surface area contributed by atoms with Gasteiger partial charge in [0.25, 0.3) is 0 Å². The number of urea groups is 1. The minimum absolute atomic E-state index is 0.00700. The lowest BCUT2D eigenvalue weighted by Crippen LogP contribution is -2.49. The molecule has 2 N–H and O–H groups in total. The molecule has 1 fully saturated rings. The number of aliphatic carboxylic acids is 1. The summed E-state index contributed by atoms with van der Waals surface area (Å²) in [6.07, 6.45) is 1.09. The van der Waals surface area contributed by atoms with Crippen molar-refractivity contribution >= 4 is 21.8 Å². The molecule has 0 spiro atoms. The van der Waals surface area contributed by atoms with Crippen molar-refractivity contribution in [3.63, 3.8) is 0 Å². The maximum absolute atomic E-state index is 12.0. The molecule has 20 heavy (non-hydrogen) atoms. The third kappa shape index (κ3) is 5.36. The molecule has 0 radical (unpaired) electrons. The molecule has 1 rings (SSSR count). The van der Waals surface area contributed by atoms with E-state index < -0.39 is 34.4 Å². The largest absolute Gasteiger partial charge is 0.480 e. The average Bonchev–Trinajstić information content (AvgIpc) is 2.65. The number of carboxylic acids is 1. The number of amides is 2. The maximum atomic E-state index is 12.0. The van der Waals surface area contributed by atoms with Crippen LogP contribution in [0.1, 0.15) is 26.7 Å². The number of rotatable bonds is 6. The molecular weight excluding hydrogens is 284 g/mol. The molecule has 2 amide bonds. The monoisotopic (exact) mass is 306 g/mol. The second kappa shape index (κ2) is 6.92. The molecular formula is C12H22N2O5S. The fourth-order valence-electron chi connectivity index (χ4n) is 2.10. The van der Waals surface area contributed by atoms with E-state index in [1.807, 2.05) is 13.8 Å².